The molecular weight excluding hydrogens is 206 g/mol. The monoisotopic (exact) mass is 219 g/mol. The molecule has 0 saturated heterocycles. The van der Waals surface area contributed by atoms with E-state index in [-0.39, 0.29) is 0 Å². The predicted molar refractivity (Wildman–Crippen MR) is 64.1 cm³/mol. The second kappa shape index (κ2) is 3.64. The SMILES string of the molecule is Clc1ccc2c(c1)CCC1=NCCCC12. The van der Waals surface area contributed by atoms with Crippen molar-refractivity contribution >= 4 is 17.3 Å². The van der Waals surface area contributed by atoms with Gasteiger partial charge in [0.15, 0.2) is 0 Å². The summed E-state index contributed by atoms with van der Waals surface area (Å²) in [6.45, 7) is 1.04. The van der Waals surface area contributed by atoms with Crippen LogP contribution in [0.25, 0.3) is 0 Å². The van der Waals surface area contributed by atoms with E-state index in [4.69, 9.17) is 11.6 Å². The molecule has 0 radical (unpaired) electrons. The molecule has 0 N–H and O–H groups in total. The van der Waals surface area contributed by atoms with Crippen molar-refractivity contribution in [2.24, 2.45) is 4.99 Å². The van der Waals surface area contributed by atoms with Gasteiger partial charge in [0.1, 0.15) is 0 Å². The highest BCUT2D eigenvalue weighted by Gasteiger charge is 2.27. The molecule has 0 fully saturated rings. The number of nitrogens with zero attached hydrogens (tertiary/aromatic N) is 1. The lowest BCUT2D eigenvalue weighted by Gasteiger charge is -2.30. The quantitative estimate of drug-likeness (QED) is 0.632. The van der Waals surface area contributed by atoms with E-state index in [0.717, 1.165) is 24.4 Å². The normalized spacial score (nSPS) is 24.1. The maximum absolute atomic E-state index is 6.02. The van der Waals surface area contributed by atoms with Gasteiger partial charge in [-0.2, -0.15) is 0 Å². The number of aliphatic imine (C=N–C) groups is 1. The van der Waals surface area contributed by atoms with Gasteiger partial charge < -0.3 is 0 Å². The third-order valence-electron chi connectivity index (χ3n) is 3.50. The molecule has 1 aliphatic heterocycles. The molecule has 78 valence electrons. The highest BCUT2D eigenvalue weighted by molar-refractivity contribution is 6.30. The minimum atomic E-state index is 0.597. The van der Waals surface area contributed by atoms with Crippen molar-refractivity contribution in [3.63, 3.8) is 0 Å². The first kappa shape index (κ1) is 9.41. The topological polar surface area (TPSA) is 12.4 Å². The van der Waals surface area contributed by atoms with Crippen LogP contribution >= 0.6 is 11.6 Å². The largest absolute Gasteiger partial charge is 0.293 e. The minimum absolute atomic E-state index is 0.597. The standard InChI is InChI=1S/C13H14ClN/c14-10-4-5-11-9(8-10)3-6-13-12(11)2-1-7-15-13/h4-5,8,12H,1-3,6-7H2. The summed E-state index contributed by atoms with van der Waals surface area (Å²) in [7, 11) is 0. The number of aryl methyl sites for hydroxylation is 1. The molecule has 0 saturated carbocycles. The summed E-state index contributed by atoms with van der Waals surface area (Å²) in [5.74, 6) is 0.597. The molecule has 1 aromatic rings. The van der Waals surface area contributed by atoms with E-state index in [2.05, 4.69) is 17.1 Å². The Hall–Kier alpha value is -0.820. The van der Waals surface area contributed by atoms with E-state index in [0.29, 0.717) is 5.92 Å². The highest BCUT2D eigenvalue weighted by atomic mass is 35.5. The van der Waals surface area contributed by atoms with Gasteiger partial charge in [0.25, 0.3) is 0 Å². The fraction of sp³-hybridized carbons (Fsp3) is 0.462. The lowest BCUT2D eigenvalue weighted by atomic mass is 9.78. The van der Waals surface area contributed by atoms with Gasteiger partial charge in [-0.25, -0.2) is 0 Å². The molecule has 1 unspecified atom stereocenters. The molecule has 1 aliphatic carbocycles. The first-order valence-corrected chi connectivity index (χ1v) is 6.04. The number of benzene rings is 1. The van der Waals surface area contributed by atoms with Crippen LogP contribution in [0, 0.1) is 0 Å². The zero-order chi connectivity index (χ0) is 10.3. The Morgan fingerprint density at radius 3 is 3.13 bits per heavy atom. The third-order valence-corrected chi connectivity index (χ3v) is 3.73. The number of halogens is 1. The Labute approximate surface area is 95.2 Å². The van der Waals surface area contributed by atoms with E-state index in [1.54, 1.807) is 0 Å². The van der Waals surface area contributed by atoms with E-state index in [9.17, 15) is 0 Å². The Morgan fingerprint density at radius 1 is 1.27 bits per heavy atom. The second-order valence-electron chi connectivity index (χ2n) is 4.41. The average Bonchev–Trinajstić information content (AvgIpc) is 2.28. The first-order chi connectivity index (χ1) is 7.34. The van der Waals surface area contributed by atoms with Gasteiger partial charge in [0.05, 0.1) is 0 Å². The second-order valence-corrected chi connectivity index (χ2v) is 4.85. The molecule has 0 amide bonds. The molecule has 1 atom stereocenters. The molecule has 2 aliphatic rings. The molecule has 2 heteroatoms. The fourth-order valence-corrected chi connectivity index (χ4v) is 2.97. The molecular formula is C13H14ClN. The molecule has 1 aromatic carbocycles. The summed E-state index contributed by atoms with van der Waals surface area (Å²) in [5.41, 5.74) is 4.34. The van der Waals surface area contributed by atoms with Crippen LogP contribution in [0.5, 0.6) is 0 Å². The lowest BCUT2D eigenvalue weighted by molar-refractivity contribution is 0.639. The van der Waals surface area contributed by atoms with Gasteiger partial charge in [-0.05, 0) is 48.9 Å². The van der Waals surface area contributed by atoms with E-state index < -0.39 is 0 Å². The van der Waals surface area contributed by atoms with E-state index in [1.165, 1.54) is 29.7 Å². The highest BCUT2D eigenvalue weighted by Crippen LogP contribution is 2.36. The molecule has 3 rings (SSSR count). The summed E-state index contributed by atoms with van der Waals surface area (Å²) in [4.78, 5) is 4.66. The van der Waals surface area contributed by atoms with Crippen molar-refractivity contribution in [2.45, 2.75) is 31.6 Å². The van der Waals surface area contributed by atoms with Gasteiger partial charge in [-0.15, -0.1) is 0 Å². The Kier molecular flexibility index (Phi) is 2.28. The minimum Gasteiger partial charge on any atom is -0.293 e. The predicted octanol–water partition coefficient (Wildman–Crippen LogP) is 3.60. The van der Waals surface area contributed by atoms with Gasteiger partial charge >= 0.3 is 0 Å². The fourth-order valence-electron chi connectivity index (χ4n) is 2.78. The molecule has 0 spiro atoms. The molecule has 0 aromatic heterocycles. The van der Waals surface area contributed by atoms with Gasteiger partial charge in [-0.1, -0.05) is 17.7 Å². The zero-order valence-corrected chi connectivity index (χ0v) is 9.43. The van der Waals surface area contributed by atoms with Crippen molar-refractivity contribution in [1.29, 1.82) is 0 Å². The Morgan fingerprint density at radius 2 is 2.20 bits per heavy atom. The third kappa shape index (κ3) is 1.59. The Bertz CT molecular complexity index is 423. The number of fused-ring (bicyclic) bond motifs is 3. The Balaban J connectivity index is 2.08. The maximum Gasteiger partial charge on any atom is 0.0408 e. The van der Waals surface area contributed by atoms with Crippen LogP contribution in [0.15, 0.2) is 23.2 Å². The summed E-state index contributed by atoms with van der Waals surface area (Å²) in [5, 5.41) is 0.866. The summed E-state index contributed by atoms with van der Waals surface area (Å²) >= 11 is 6.02. The van der Waals surface area contributed by atoms with Crippen LogP contribution in [0.2, 0.25) is 5.02 Å². The number of hydrogen-bond acceptors (Lipinski definition) is 1. The number of rotatable bonds is 0. The molecule has 1 heterocycles. The van der Waals surface area contributed by atoms with Crippen molar-refractivity contribution in [3.8, 4) is 0 Å². The van der Waals surface area contributed by atoms with Gasteiger partial charge in [0, 0.05) is 23.2 Å². The van der Waals surface area contributed by atoms with Crippen LogP contribution < -0.4 is 0 Å². The van der Waals surface area contributed by atoms with Crippen molar-refractivity contribution in [2.75, 3.05) is 6.54 Å². The van der Waals surface area contributed by atoms with Gasteiger partial charge in [0.2, 0.25) is 0 Å². The summed E-state index contributed by atoms with van der Waals surface area (Å²) < 4.78 is 0. The van der Waals surface area contributed by atoms with Crippen molar-refractivity contribution < 1.29 is 0 Å². The first-order valence-electron chi connectivity index (χ1n) is 5.66. The maximum atomic E-state index is 6.02. The summed E-state index contributed by atoms with van der Waals surface area (Å²) in [6.07, 6.45) is 4.76. The van der Waals surface area contributed by atoms with Crippen molar-refractivity contribution in [3.05, 3.63) is 34.3 Å². The average molecular weight is 220 g/mol. The molecule has 1 nitrogen and oxygen atoms in total. The zero-order valence-electron chi connectivity index (χ0n) is 8.67. The molecule has 0 bridgehead atoms. The van der Waals surface area contributed by atoms with E-state index in [1.807, 2.05) is 6.07 Å². The smallest absolute Gasteiger partial charge is 0.0408 e. The van der Waals surface area contributed by atoms with E-state index >= 15 is 0 Å². The number of hydrogen-bond donors (Lipinski definition) is 0. The molecule has 15 heavy (non-hydrogen) atoms. The van der Waals surface area contributed by atoms with Crippen LogP contribution in [0.4, 0.5) is 0 Å². The van der Waals surface area contributed by atoms with Crippen LogP contribution in [0.1, 0.15) is 36.3 Å². The lowest BCUT2D eigenvalue weighted by Crippen LogP contribution is -2.24. The van der Waals surface area contributed by atoms with Crippen molar-refractivity contribution in [1.82, 2.24) is 0 Å². The van der Waals surface area contributed by atoms with Crippen LogP contribution in [-0.2, 0) is 6.42 Å². The van der Waals surface area contributed by atoms with Crippen LogP contribution in [-0.4, -0.2) is 12.3 Å². The van der Waals surface area contributed by atoms with Gasteiger partial charge in [-0.3, -0.25) is 4.99 Å². The summed E-state index contributed by atoms with van der Waals surface area (Å²) in [6, 6.07) is 6.34. The van der Waals surface area contributed by atoms with Crippen LogP contribution in [0.3, 0.4) is 0 Å².